The molecule has 0 unspecified atom stereocenters. The second-order valence-corrected chi connectivity index (χ2v) is 6.14. The number of carbonyl (C=O) groups excluding carboxylic acids is 1. The Kier molecular flexibility index (Phi) is 7.43. The maximum Gasteiger partial charge on any atom is 0.270 e. The van der Waals surface area contributed by atoms with Gasteiger partial charge in [0.1, 0.15) is 0 Å². The summed E-state index contributed by atoms with van der Waals surface area (Å²) in [6.45, 7) is 5.09. The van der Waals surface area contributed by atoms with Crippen LogP contribution in [0.25, 0.3) is 0 Å². The van der Waals surface area contributed by atoms with Gasteiger partial charge in [-0.05, 0) is 31.0 Å². The summed E-state index contributed by atoms with van der Waals surface area (Å²) >= 11 is 6.01. The summed E-state index contributed by atoms with van der Waals surface area (Å²) in [6, 6.07) is 8.81. The summed E-state index contributed by atoms with van der Waals surface area (Å²) in [4.78, 5) is 22.7. The zero-order valence-electron chi connectivity index (χ0n) is 15.2. The average molecular weight is 393 g/mol. The minimum atomic E-state index is -0.570. The molecule has 2 aromatic carbocycles. The van der Waals surface area contributed by atoms with Gasteiger partial charge in [-0.25, -0.2) is 0 Å². The second kappa shape index (κ2) is 9.78. The number of nitrogens with one attached hydrogen (secondary N) is 1. The number of halogens is 1. The summed E-state index contributed by atoms with van der Waals surface area (Å²) in [6.07, 6.45) is 1.70. The quantitative estimate of drug-likeness (QED) is 0.474. The lowest BCUT2D eigenvalue weighted by Gasteiger charge is -2.14. The Labute approximate surface area is 162 Å². The number of hydrogen-bond donors (Lipinski definition) is 1. The molecule has 144 valence electrons. The SMILES string of the molecule is CCCOc1ccc(NC(=O)c2ccc([N+](=O)[O-])cc2Cl)cc1OCCC. The minimum absolute atomic E-state index is 0.00653. The highest BCUT2D eigenvalue weighted by atomic mass is 35.5. The molecule has 1 N–H and O–H groups in total. The first-order valence-electron chi connectivity index (χ1n) is 8.61. The Morgan fingerprint density at radius 1 is 1.07 bits per heavy atom. The maximum atomic E-state index is 12.5. The van der Waals surface area contributed by atoms with Gasteiger partial charge in [0.05, 0.1) is 28.7 Å². The van der Waals surface area contributed by atoms with E-state index in [1.54, 1.807) is 18.2 Å². The van der Waals surface area contributed by atoms with Gasteiger partial charge in [0.25, 0.3) is 11.6 Å². The van der Waals surface area contributed by atoms with Crippen LogP contribution in [0, 0.1) is 10.1 Å². The molecule has 0 aliphatic carbocycles. The molecule has 0 aromatic heterocycles. The van der Waals surface area contributed by atoms with Crippen molar-refractivity contribution in [2.24, 2.45) is 0 Å². The van der Waals surface area contributed by atoms with Crippen LogP contribution in [0.1, 0.15) is 37.0 Å². The van der Waals surface area contributed by atoms with Gasteiger partial charge in [-0.1, -0.05) is 25.4 Å². The Morgan fingerprint density at radius 2 is 1.74 bits per heavy atom. The van der Waals surface area contributed by atoms with Gasteiger partial charge in [0.2, 0.25) is 0 Å². The molecule has 1 amide bonds. The summed E-state index contributed by atoms with van der Waals surface area (Å²) in [7, 11) is 0. The van der Waals surface area contributed by atoms with E-state index in [1.807, 2.05) is 13.8 Å². The third-order valence-corrected chi connectivity index (χ3v) is 3.85. The molecule has 0 atom stereocenters. The van der Waals surface area contributed by atoms with E-state index in [0.717, 1.165) is 18.9 Å². The molecule has 0 aliphatic heterocycles. The van der Waals surface area contributed by atoms with Crippen molar-refractivity contribution in [1.29, 1.82) is 0 Å². The molecular formula is C19H21ClN2O5. The van der Waals surface area contributed by atoms with Gasteiger partial charge < -0.3 is 14.8 Å². The molecule has 2 rings (SSSR count). The monoisotopic (exact) mass is 392 g/mol. The number of amides is 1. The van der Waals surface area contributed by atoms with Crippen molar-refractivity contribution in [1.82, 2.24) is 0 Å². The Hall–Kier alpha value is -2.80. The van der Waals surface area contributed by atoms with E-state index in [2.05, 4.69) is 5.32 Å². The zero-order chi connectivity index (χ0) is 19.8. The van der Waals surface area contributed by atoms with E-state index in [1.165, 1.54) is 12.1 Å². The first kappa shape index (κ1) is 20.5. The first-order chi connectivity index (χ1) is 13.0. The normalized spacial score (nSPS) is 10.3. The smallest absolute Gasteiger partial charge is 0.270 e. The number of nitro groups is 1. The average Bonchev–Trinajstić information content (AvgIpc) is 2.65. The van der Waals surface area contributed by atoms with Gasteiger partial charge in [-0.2, -0.15) is 0 Å². The number of anilines is 1. The maximum absolute atomic E-state index is 12.5. The van der Waals surface area contributed by atoms with E-state index >= 15 is 0 Å². The fourth-order valence-corrected chi connectivity index (χ4v) is 2.50. The third-order valence-electron chi connectivity index (χ3n) is 3.53. The van der Waals surface area contributed by atoms with Crippen LogP contribution in [0.2, 0.25) is 5.02 Å². The molecule has 27 heavy (non-hydrogen) atoms. The number of benzene rings is 2. The van der Waals surface area contributed by atoms with Gasteiger partial charge in [-0.15, -0.1) is 0 Å². The Balaban J connectivity index is 2.20. The van der Waals surface area contributed by atoms with Crippen molar-refractivity contribution >= 4 is 28.9 Å². The number of hydrogen-bond acceptors (Lipinski definition) is 5. The highest BCUT2D eigenvalue weighted by Gasteiger charge is 2.16. The molecule has 0 spiro atoms. The molecular weight excluding hydrogens is 372 g/mol. The van der Waals surface area contributed by atoms with Crippen LogP contribution >= 0.6 is 11.6 Å². The molecule has 0 fully saturated rings. The highest BCUT2D eigenvalue weighted by molar-refractivity contribution is 6.34. The molecule has 0 radical (unpaired) electrons. The van der Waals surface area contributed by atoms with Crippen LogP contribution in [0.4, 0.5) is 11.4 Å². The van der Waals surface area contributed by atoms with Crippen LogP contribution in [-0.2, 0) is 0 Å². The Morgan fingerprint density at radius 3 is 2.33 bits per heavy atom. The van der Waals surface area contributed by atoms with Crippen LogP contribution in [-0.4, -0.2) is 24.0 Å². The minimum Gasteiger partial charge on any atom is -0.490 e. The topological polar surface area (TPSA) is 90.7 Å². The predicted octanol–water partition coefficient (Wildman–Crippen LogP) is 5.08. The number of non-ortho nitro benzene ring substituents is 1. The molecule has 2 aromatic rings. The lowest BCUT2D eigenvalue weighted by Crippen LogP contribution is -2.13. The summed E-state index contributed by atoms with van der Waals surface area (Å²) in [5.74, 6) is 0.674. The Bertz CT molecular complexity index is 826. The van der Waals surface area contributed by atoms with Crippen LogP contribution in [0.3, 0.4) is 0 Å². The van der Waals surface area contributed by atoms with Crippen molar-refractivity contribution in [3.8, 4) is 11.5 Å². The predicted molar refractivity (Wildman–Crippen MR) is 104 cm³/mol. The lowest BCUT2D eigenvalue weighted by atomic mass is 10.2. The van der Waals surface area contributed by atoms with Gasteiger partial charge in [0, 0.05) is 23.9 Å². The standard InChI is InChI=1S/C19H21ClN2O5/c1-3-9-26-17-8-5-13(11-18(17)27-10-4-2)21-19(23)15-7-6-14(22(24)25)12-16(15)20/h5-8,11-12H,3-4,9-10H2,1-2H3,(H,21,23). The molecule has 0 heterocycles. The van der Waals surface area contributed by atoms with Crippen molar-refractivity contribution in [3.63, 3.8) is 0 Å². The van der Waals surface area contributed by atoms with Gasteiger partial charge in [-0.3, -0.25) is 14.9 Å². The molecule has 8 heteroatoms. The molecule has 7 nitrogen and oxygen atoms in total. The number of ether oxygens (including phenoxy) is 2. The largest absolute Gasteiger partial charge is 0.490 e. The zero-order valence-corrected chi connectivity index (χ0v) is 15.9. The summed E-state index contributed by atoms with van der Waals surface area (Å²) in [5, 5.41) is 13.5. The number of rotatable bonds is 9. The van der Waals surface area contributed by atoms with E-state index in [-0.39, 0.29) is 16.3 Å². The lowest BCUT2D eigenvalue weighted by molar-refractivity contribution is -0.384. The molecule has 0 saturated heterocycles. The van der Waals surface area contributed by atoms with E-state index in [4.69, 9.17) is 21.1 Å². The summed E-state index contributed by atoms with van der Waals surface area (Å²) < 4.78 is 11.4. The fourth-order valence-electron chi connectivity index (χ4n) is 2.24. The van der Waals surface area contributed by atoms with E-state index in [0.29, 0.717) is 30.4 Å². The van der Waals surface area contributed by atoms with Crippen LogP contribution in [0.15, 0.2) is 36.4 Å². The van der Waals surface area contributed by atoms with E-state index < -0.39 is 10.8 Å². The molecule has 0 aliphatic rings. The molecule has 0 saturated carbocycles. The van der Waals surface area contributed by atoms with Crippen molar-refractivity contribution < 1.29 is 19.2 Å². The van der Waals surface area contributed by atoms with Crippen molar-refractivity contribution in [3.05, 3.63) is 57.1 Å². The van der Waals surface area contributed by atoms with Crippen molar-refractivity contribution in [2.75, 3.05) is 18.5 Å². The third kappa shape index (κ3) is 5.59. The molecule has 0 bridgehead atoms. The van der Waals surface area contributed by atoms with Gasteiger partial charge >= 0.3 is 0 Å². The first-order valence-corrected chi connectivity index (χ1v) is 8.99. The fraction of sp³-hybridized carbons (Fsp3) is 0.316. The second-order valence-electron chi connectivity index (χ2n) is 5.73. The van der Waals surface area contributed by atoms with Gasteiger partial charge in [0.15, 0.2) is 11.5 Å². The summed E-state index contributed by atoms with van der Waals surface area (Å²) in [5.41, 5.74) is 0.471. The number of nitro benzene ring substituents is 1. The highest BCUT2D eigenvalue weighted by Crippen LogP contribution is 2.31. The number of carbonyl (C=O) groups is 1. The van der Waals surface area contributed by atoms with Crippen LogP contribution < -0.4 is 14.8 Å². The number of nitrogens with zero attached hydrogens (tertiary/aromatic N) is 1. The van der Waals surface area contributed by atoms with Crippen LogP contribution in [0.5, 0.6) is 11.5 Å². The van der Waals surface area contributed by atoms with Crippen molar-refractivity contribution in [2.45, 2.75) is 26.7 Å². The van der Waals surface area contributed by atoms with E-state index in [9.17, 15) is 14.9 Å².